The normalized spacial score (nSPS) is 12.5. The second kappa shape index (κ2) is 5.57. The summed E-state index contributed by atoms with van der Waals surface area (Å²) in [6.07, 6.45) is -3.10. The highest BCUT2D eigenvalue weighted by atomic mass is 19.4. The summed E-state index contributed by atoms with van der Waals surface area (Å²) in [6.45, 7) is 0. The first-order chi connectivity index (χ1) is 9.52. The number of alkyl halides is 3. The number of pyridine rings is 2. The molecular weight excluding hydrogens is 271 g/mol. The Hall–Kier alpha value is -2.62. The van der Waals surface area contributed by atoms with E-state index in [1.165, 1.54) is 42.9 Å². The van der Waals surface area contributed by atoms with E-state index in [0.29, 0.717) is 0 Å². The van der Waals surface area contributed by atoms with Gasteiger partial charge in [0.2, 0.25) is 12.0 Å². The van der Waals surface area contributed by atoms with Gasteiger partial charge in [-0.05, 0) is 24.3 Å². The van der Waals surface area contributed by atoms with Crippen LogP contribution in [0.4, 0.5) is 13.2 Å². The van der Waals surface area contributed by atoms with Gasteiger partial charge in [-0.1, -0.05) is 0 Å². The molecule has 0 aliphatic rings. The minimum Gasteiger partial charge on any atom is -0.459 e. The van der Waals surface area contributed by atoms with Crippen molar-refractivity contribution < 1.29 is 17.9 Å². The van der Waals surface area contributed by atoms with Crippen molar-refractivity contribution in [2.45, 2.75) is 12.3 Å². The van der Waals surface area contributed by atoms with Crippen molar-refractivity contribution in [1.29, 1.82) is 5.26 Å². The van der Waals surface area contributed by atoms with Crippen LogP contribution in [0.2, 0.25) is 0 Å². The zero-order valence-corrected chi connectivity index (χ0v) is 10.0. The molecule has 0 saturated heterocycles. The van der Waals surface area contributed by atoms with Crippen LogP contribution in [0.3, 0.4) is 0 Å². The average molecular weight is 279 g/mol. The molecule has 0 amide bonds. The fraction of sp³-hybridized carbons (Fsp3) is 0.154. The van der Waals surface area contributed by atoms with Gasteiger partial charge in [0.05, 0.1) is 0 Å². The van der Waals surface area contributed by atoms with Crippen molar-refractivity contribution in [2.75, 3.05) is 0 Å². The summed E-state index contributed by atoms with van der Waals surface area (Å²) < 4.78 is 44.1. The maximum atomic E-state index is 13.1. The number of nitriles is 1. The van der Waals surface area contributed by atoms with Crippen molar-refractivity contribution in [1.82, 2.24) is 9.97 Å². The highest BCUT2D eigenvalue weighted by molar-refractivity contribution is 5.37. The monoisotopic (exact) mass is 279 g/mol. The molecule has 2 aromatic heterocycles. The Balaban J connectivity index is 2.38. The van der Waals surface area contributed by atoms with E-state index in [2.05, 4.69) is 9.97 Å². The third kappa shape index (κ3) is 3.03. The molecule has 2 heterocycles. The summed E-state index contributed by atoms with van der Waals surface area (Å²) in [5, 5.41) is 8.84. The molecule has 0 aliphatic heterocycles. The van der Waals surface area contributed by atoms with E-state index in [0.717, 1.165) is 0 Å². The Morgan fingerprint density at radius 2 is 1.85 bits per heavy atom. The predicted molar refractivity (Wildman–Crippen MR) is 62.6 cm³/mol. The standard InChI is InChI=1S/C13H8F3N3O/c14-13(15,16)11(9-3-6-18-7-4-9)20-12-10(8-17)2-1-5-19-12/h1-7,11H. The number of ether oxygens (including phenoxy) is 1. The first-order valence-electron chi connectivity index (χ1n) is 5.51. The maximum Gasteiger partial charge on any atom is 0.429 e. The largest absolute Gasteiger partial charge is 0.459 e. The van der Waals surface area contributed by atoms with Gasteiger partial charge < -0.3 is 4.74 Å². The summed E-state index contributed by atoms with van der Waals surface area (Å²) in [6, 6.07) is 6.92. The van der Waals surface area contributed by atoms with E-state index < -0.39 is 12.3 Å². The lowest BCUT2D eigenvalue weighted by Crippen LogP contribution is -2.26. The molecule has 1 atom stereocenters. The van der Waals surface area contributed by atoms with E-state index in [1.807, 2.05) is 0 Å². The highest BCUT2D eigenvalue weighted by Gasteiger charge is 2.43. The molecule has 0 fully saturated rings. The smallest absolute Gasteiger partial charge is 0.429 e. The van der Waals surface area contributed by atoms with Crippen molar-refractivity contribution >= 4 is 0 Å². The van der Waals surface area contributed by atoms with E-state index in [9.17, 15) is 13.2 Å². The van der Waals surface area contributed by atoms with Gasteiger partial charge in [0.25, 0.3) is 0 Å². The molecule has 1 unspecified atom stereocenters. The van der Waals surface area contributed by atoms with Gasteiger partial charge in [0, 0.05) is 24.2 Å². The zero-order chi connectivity index (χ0) is 14.6. The molecule has 4 nitrogen and oxygen atoms in total. The van der Waals surface area contributed by atoms with Crippen LogP contribution in [0, 0.1) is 11.3 Å². The SMILES string of the molecule is N#Cc1cccnc1OC(c1ccncc1)C(F)(F)F. The molecule has 0 aromatic carbocycles. The number of nitrogens with zero attached hydrogens (tertiary/aromatic N) is 3. The zero-order valence-electron chi connectivity index (χ0n) is 10.0. The number of hydrogen-bond donors (Lipinski definition) is 0. The van der Waals surface area contributed by atoms with Gasteiger partial charge in [0.15, 0.2) is 0 Å². The first kappa shape index (κ1) is 13.8. The Labute approximate surface area is 112 Å². The van der Waals surface area contributed by atoms with Crippen LogP contribution >= 0.6 is 0 Å². The van der Waals surface area contributed by atoms with Crippen LogP contribution in [-0.4, -0.2) is 16.1 Å². The van der Waals surface area contributed by atoms with Crippen molar-refractivity contribution in [3.63, 3.8) is 0 Å². The molecule has 0 bridgehead atoms. The molecule has 0 radical (unpaired) electrons. The predicted octanol–water partition coefficient (Wildman–Crippen LogP) is 3.03. The van der Waals surface area contributed by atoms with Crippen LogP contribution < -0.4 is 4.74 Å². The summed E-state index contributed by atoms with van der Waals surface area (Å²) in [7, 11) is 0. The number of aromatic nitrogens is 2. The summed E-state index contributed by atoms with van der Waals surface area (Å²) in [5.74, 6) is -0.353. The van der Waals surface area contributed by atoms with E-state index in [4.69, 9.17) is 10.00 Å². The molecule has 20 heavy (non-hydrogen) atoms. The summed E-state index contributed by atoms with van der Waals surface area (Å²) in [4.78, 5) is 7.33. The molecule has 0 N–H and O–H groups in total. The second-order valence-corrected chi connectivity index (χ2v) is 3.79. The molecule has 2 aromatic rings. The van der Waals surface area contributed by atoms with Gasteiger partial charge in [-0.15, -0.1) is 0 Å². The van der Waals surface area contributed by atoms with Gasteiger partial charge in [-0.2, -0.15) is 18.4 Å². The third-order valence-corrected chi connectivity index (χ3v) is 2.43. The molecule has 0 saturated carbocycles. The van der Waals surface area contributed by atoms with Crippen molar-refractivity contribution in [3.05, 3.63) is 54.0 Å². The molecule has 0 aliphatic carbocycles. The van der Waals surface area contributed by atoms with Gasteiger partial charge in [-0.25, -0.2) is 4.98 Å². The topological polar surface area (TPSA) is 58.8 Å². The van der Waals surface area contributed by atoms with Crippen LogP contribution in [-0.2, 0) is 0 Å². The number of rotatable bonds is 3. The minimum atomic E-state index is -4.63. The Morgan fingerprint density at radius 1 is 1.15 bits per heavy atom. The number of hydrogen-bond acceptors (Lipinski definition) is 4. The quantitative estimate of drug-likeness (QED) is 0.866. The molecule has 7 heteroatoms. The van der Waals surface area contributed by atoms with Crippen LogP contribution in [0.1, 0.15) is 17.2 Å². The number of halogens is 3. The Morgan fingerprint density at radius 3 is 2.45 bits per heavy atom. The average Bonchev–Trinajstić information content (AvgIpc) is 2.45. The van der Waals surface area contributed by atoms with Gasteiger partial charge >= 0.3 is 6.18 Å². The van der Waals surface area contributed by atoms with Crippen molar-refractivity contribution in [2.24, 2.45) is 0 Å². The second-order valence-electron chi connectivity index (χ2n) is 3.79. The summed E-state index contributed by atoms with van der Waals surface area (Å²) in [5.41, 5.74) is -0.169. The molecule has 102 valence electrons. The first-order valence-corrected chi connectivity index (χ1v) is 5.51. The lowest BCUT2D eigenvalue weighted by atomic mass is 10.1. The van der Waals surface area contributed by atoms with E-state index in [1.54, 1.807) is 6.07 Å². The molecule has 0 spiro atoms. The maximum absolute atomic E-state index is 13.1. The lowest BCUT2D eigenvalue weighted by molar-refractivity contribution is -0.198. The third-order valence-electron chi connectivity index (χ3n) is 2.43. The van der Waals surface area contributed by atoms with Crippen molar-refractivity contribution in [3.8, 4) is 11.9 Å². The Kier molecular flexibility index (Phi) is 3.84. The van der Waals surface area contributed by atoms with Crippen LogP contribution in [0.25, 0.3) is 0 Å². The fourth-order valence-electron chi connectivity index (χ4n) is 1.54. The summed E-state index contributed by atoms with van der Waals surface area (Å²) >= 11 is 0. The van der Waals surface area contributed by atoms with E-state index in [-0.39, 0.29) is 17.0 Å². The Bertz CT molecular complexity index is 623. The van der Waals surface area contributed by atoms with Crippen LogP contribution in [0.5, 0.6) is 5.88 Å². The fourth-order valence-corrected chi connectivity index (χ4v) is 1.54. The van der Waals surface area contributed by atoms with Gasteiger partial charge in [0.1, 0.15) is 11.6 Å². The highest BCUT2D eigenvalue weighted by Crippen LogP contribution is 2.36. The molecule has 2 rings (SSSR count). The van der Waals surface area contributed by atoms with E-state index >= 15 is 0 Å². The van der Waals surface area contributed by atoms with Gasteiger partial charge in [-0.3, -0.25) is 4.98 Å². The minimum absolute atomic E-state index is 0.0594. The van der Waals surface area contributed by atoms with Crippen LogP contribution in [0.15, 0.2) is 42.9 Å². The molecular formula is C13H8F3N3O. The lowest BCUT2D eigenvalue weighted by Gasteiger charge is -2.21.